The standard InChI is InChI=1S/C27H34N4O4/c1-5-6-7-9-21-12-23-26(29-15-21)35-24(19(2)16-31(27(23)34)20(3)18-32)17-30(4)25(33)13-22-10-8-11-28-14-22/h8,10-12,14-15,19-20,24,32H,5-6,13,16-18H2,1-4H3/t19-,20-,24-/m1/s1. The maximum Gasteiger partial charge on any atom is 0.259 e. The summed E-state index contributed by atoms with van der Waals surface area (Å²) in [6.07, 6.45) is 6.51. The summed E-state index contributed by atoms with van der Waals surface area (Å²) in [4.78, 5) is 38.1. The number of carbonyl (C=O) groups is 2. The van der Waals surface area contributed by atoms with Gasteiger partial charge in [-0.15, -0.1) is 0 Å². The van der Waals surface area contributed by atoms with E-state index in [-0.39, 0.29) is 42.7 Å². The van der Waals surface area contributed by atoms with Crippen molar-refractivity contribution in [1.29, 1.82) is 0 Å². The van der Waals surface area contributed by atoms with Crippen LogP contribution in [0.15, 0.2) is 36.8 Å². The van der Waals surface area contributed by atoms with Gasteiger partial charge in [0.1, 0.15) is 11.7 Å². The van der Waals surface area contributed by atoms with E-state index in [1.807, 2.05) is 19.9 Å². The number of aliphatic hydroxyl groups excluding tert-OH is 1. The number of likely N-dealkylation sites (N-methyl/N-ethyl adjacent to an activating group) is 1. The average molecular weight is 479 g/mol. The van der Waals surface area contributed by atoms with Crippen LogP contribution in [0.3, 0.4) is 0 Å². The van der Waals surface area contributed by atoms with Crippen LogP contribution in [0.2, 0.25) is 0 Å². The Kier molecular flexibility index (Phi) is 9.21. The molecule has 1 aliphatic heterocycles. The van der Waals surface area contributed by atoms with Crippen LogP contribution in [-0.2, 0) is 11.2 Å². The van der Waals surface area contributed by atoms with Crippen molar-refractivity contribution >= 4 is 11.8 Å². The molecule has 2 aromatic heterocycles. The van der Waals surface area contributed by atoms with Crippen LogP contribution in [0, 0.1) is 17.8 Å². The summed E-state index contributed by atoms with van der Waals surface area (Å²) in [6, 6.07) is 5.00. The van der Waals surface area contributed by atoms with Crippen molar-refractivity contribution in [2.24, 2.45) is 5.92 Å². The smallest absolute Gasteiger partial charge is 0.259 e. The monoisotopic (exact) mass is 478 g/mol. The highest BCUT2D eigenvalue weighted by Gasteiger charge is 2.34. The van der Waals surface area contributed by atoms with Crippen molar-refractivity contribution in [3.63, 3.8) is 0 Å². The largest absolute Gasteiger partial charge is 0.472 e. The van der Waals surface area contributed by atoms with Crippen LogP contribution >= 0.6 is 0 Å². The summed E-state index contributed by atoms with van der Waals surface area (Å²) in [5, 5.41) is 9.80. The molecular formula is C27H34N4O4. The lowest BCUT2D eigenvalue weighted by atomic mass is 9.99. The van der Waals surface area contributed by atoms with E-state index < -0.39 is 6.10 Å². The Labute approximate surface area is 207 Å². The van der Waals surface area contributed by atoms with Crippen molar-refractivity contribution < 1.29 is 19.4 Å². The number of aromatic nitrogens is 2. The first-order chi connectivity index (χ1) is 16.8. The molecule has 186 valence electrons. The van der Waals surface area contributed by atoms with Crippen LogP contribution in [0.1, 0.15) is 55.1 Å². The number of amides is 2. The molecule has 0 radical (unpaired) electrons. The van der Waals surface area contributed by atoms with Gasteiger partial charge in [0.25, 0.3) is 5.91 Å². The van der Waals surface area contributed by atoms with Crippen LogP contribution in [-0.4, -0.2) is 75.6 Å². The van der Waals surface area contributed by atoms with E-state index >= 15 is 0 Å². The number of carbonyl (C=O) groups excluding carboxylic acids is 2. The van der Waals surface area contributed by atoms with E-state index in [0.29, 0.717) is 24.2 Å². The highest BCUT2D eigenvalue weighted by atomic mass is 16.5. The van der Waals surface area contributed by atoms with E-state index in [9.17, 15) is 14.7 Å². The van der Waals surface area contributed by atoms with E-state index in [1.54, 1.807) is 47.6 Å². The molecule has 2 amide bonds. The minimum Gasteiger partial charge on any atom is -0.472 e. The molecule has 0 aliphatic carbocycles. The minimum atomic E-state index is -0.400. The van der Waals surface area contributed by atoms with Gasteiger partial charge in [0, 0.05) is 50.1 Å². The molecule has 35 heavy (non-hydrogen) atoms. The molecule has 8 heteroatoms. The van der Waals surface area contributed by atoms with E-state index in [0.717, 1.165) is 18.4 Å². The second-order valence-electron chi connectivity index (χ2n) is 9.06. The first-order valence-corrected chi connectivity index (χ1v) is 12.0. The number of fused-ring (bicyclic) bond motifs is 1. The number of hydrogen-bond acceptors (Lipinski definition) is 6. The van der Waals surface area contributed by atoms with E-state index in [2.05, 4.69) is 28.7 Å². The first kappa shape index (κ1) is 26.2. The van der Waals surface area contributed by atoms with Gasteiger partial charge < -0.3 is 19.6 Å². The van der Waals surface area contributed by atoms with Gasteiger partial charge in [-0.2, -0.15) is 0 Å². The fourth-order valence-electron chi connectivity index (χ4n) is 3.86. The quantitative estimate of drug-likeness (QED) is 0.615. The van der Waals surface area contributed by atoms with Gasteiger partial charge in [0.05, 0.1) is 25.6 Å². The molecular weight excluding hydrogens is 444 g/mol. The third-order valence-corrected chi connectivity index (χ3v) is 6.09. The van der Waals surface area contributed by atoms with E-state index in [4.69, 9.17) is 4.74 Å². The molecule has 0 bridgehead atoms. The molecule has 0 aromatic carbocycles. The number of rotatable bonds is 7. The Balaban J connectivity index is 1.87. The lowest BCUT2D eigenvalue weighted by molar-refractivity contribution is -0.130. The lowest BCUT2D eigenvalue weighted by Gasteiger charge is -2.37. The van der Waals surface area contributed by atoms with Crippen LogP contribution in [0.4, 0.5) is 0 Å². The van der Waals surface area contributed by atoms with Crippen molar-refractivity contribution in [1.82, 2.24) is 19.8 Å². The molecule has 8 nitrogen and oxygen atoms in total. The van der Waals surface area contributed by atoms with Crippen molar-refractivity contribution in [3.05, 3.63) is 53.5 Å². The van der Waals surface area contributed by atoms with Crippen molar-refractivity contribution in [3.8, 4) is 17.7 Å². The van der Waals surface area contributed by atoms with Gasteiger partial charge in [-0.3, -0.25) is 14.6 Å². The fourth-order valence-corrected chi connectivity index (χ4v) is 3.86. The molecule has 1 aliphatic rings. The summed E-state index contributed by atoms with van der Waals surface area (Å²) in [5.74, 6) is 5.93. The molecule has 0 unspecified atom stereocenters. The Morgan fingerprint density at radius 2 is 2.20 bits per heavy atom. The predicted molar refractivity (Wildman–Crippen MR) is 133 cm³/mol. The first-order valence-electron chi connectivity index (χ1n) is 12.0. The minimum absolute atomic E-state index is 0.0535. The third-order valence-electron chi connectivity index (χ3n) is 6.09. The molecule has 3 heterocycles. The van der Waals surface area contributed by atoms with Crippen LogP contribution < -0.4 is 4.74 Å². The van der Waals surface area contributed by atoms with Gasteiger partial charge in [0.2, 0.25) is 11.8 Å². The average Bonchev–Trinajstić information content (AvgIpc) is 2.86. The Bertz CT molecular complexity index is 1080. The summed E-state index contributed by atoms with van der Waals surface area (Å²) in [5.41, 5.74) is 1.79. The topological polar surface area (TPSA) is 95.9 Å². The number of ether oxygens (including phenoxy) is 1. The Hall–Kier alpha value is -3.44. The summed E-state index contributed by atoms with van der Waals surface area (Å²) >= 11 is 0. The molecule has 1 N–H and O–H groups in total. The summed E-state index contributed by atoms with van der Waals surface area (Å²) in [6.45, 7) is 6.38. The second kappa shape index (κ2) is 12.3. The molecule has 0 saturated carbocycles. The van der Waals surface area contributed by atoms with Crippen molar-refractivity contribution in [2.45, 2.75) is 52.2 Å². The SMILES string of the molecule is CCCC#Cc1cnc2c(c1)C(=O)N([C@H](C)CO)C[C@@H](C)[C@@H](CN(C)C(=O)Cc1cccnc1)O2. The number of aliphatic hydroxyl groups is 1. The van der Waals surface area contributed by atoms with Gasteiger partial charge in [-0.1, -0.05) is 31.8 Å². The zero-order valence-corrected chi connectivity index (χ0v) is 20.9. The van der Waals surface area contributed by atoms with Gasteiger partial charge in [-0.25, -0.2) is 4.98 Å². The normalized spacial score (nSPS) is 18.3. The lowest BCUT2D eigenvalue weighted by Crippen LogP contribution is -2.50. The summed E-state index contributed by atoms with van der Waals surface area (Å²) in [7, 11) is 1.74. The van der Waals surface area contributed by atoms with Gasteiger partial charge in [-0.05, 0) is 31.0 Å². The number of unbranched alkanes of at least 4 members (excludes halogenated alkanes) is 1. The third kappa shape index (κ3) is 6.80. The molecule has 3 rings (SSSR count). The predicted octanol–water partition coefficient (Wildman–Crippen LogP) is 2.55. The van der Waals surface area contributed by atoms with Crippen molar-refractivity contribution in [2.75, 3.05) is 26.7 Å². The number of pyridine rings is 2. The van der Waals surface area contributed by atoms with Gasteiger partial charge >= 0.3 is 0 Å². The zero-order chi connectivity index (χ0) is 25.4. The Morgan fingerprint density at radius 3 is 2.89 bits per heavy atom. The van der Waals surface area contributed by atoms with E-state index in [1.165, 1.54) is 0 Å². The highest BCUT2D eigenvalue weighted by molar-refractivity contribution is 5.97. The molecule has 0 spiro atoms. The molecule has 3 atom stereocenters. The highest BCUT2D eigenvalue weighted by Crippen LogP contribution is 2.27. The number of hydrogen-bond donors (Lipinski definition) is 1. The zero-order valence-electron chi connectivity index (χ0n) is 20.9. The fraction of sp³-hybridized carbons (Fsp3) is 0.481. The van der Waals surface area contributed by atoms with Gasteiger partial charge in [0.15, 0.2) is 0 Å². The molecule has 0 saturated heterocycles. The van der Waals surface area contributed by atoms with Crippen LogP contribution in [0.25, 0.3) is 0 Å². The second-order valence-corrected chi connectivity index (χ2v) is 9.06. The maximum atomic E-state index is 13.4. The number of nitrogens with zero attached hydrogens (tertiary/aromatic N) is 4. The molecule has 2 aromatic rings. The Morgan fingerprint density at radius 1 is 1.40 bits per heavy atom. The van der Waals surface area contributed by atoms with Crippen LogP contribution in [0.5, 0.6) is 5.88 Å². The maximum absolute atomic E-state index is 13.4. The molecule has 0 fully saturated rings. The summed E-state index contributed by atoms with van der Waals surface area (Å²) < 4.78 is 6.26.